The molecule has 20 heavy (non-hydrogen) atoms. The van der Waals surface area contributed by atoms with Gasteiger partial charge in [-0.25, -0.2) is 13.1 Å². The zero-order valence-corrected chi connectivity index (χ0v) is 13.1. The van der Waals surface area contributed by atoms with E-state index in [4.69, 9.17) is 5.73 Å². The average molecular weight is 301 g/mol. The van der Waals surface area contributed by atoms with Crippen LogP contribution in [0, 0.1) is 5.92 Å². The minimum absolute atomic E-state index is 0.122. The molecule has 1 fully saturated rings. The third-order valence-electron chi connectivity index (χ3n) is 3.33. The first-order valence-corrected chi connectivity index (χ1v) is 8.63. The van der Waals surface area contributed by atoms with Crippen molar-refractivity contribution < 1.29 is 8.42 Å². The van der Waals surface area contributed by atoms with Gasteiger partial charge in [-0.2, -0.15) is 5.10 Å². The van der Waals surface area contributed by atoms with Gasteiger partial charge < -0.3 is 16.0 Å². The summed E-state index contributed by atoms with van der Waals surface area (Å²) in [6.45, 7) is 2.07. The Morgan fingerprint density at radius 1 is 1.45 bits per heavy atom. The number of anilines is 2. The van der Waals surface area contributed by atoms with Crippen LogP contribution in [0.2, 0.25) is 0 Å². The van der Waals surface area contributed by atoms with Gasteiger partial charge in [0.05, 0.1) is 6.54 Å². The van der Waals surface area contributed by atoms with Crippen LogP contribution in [0.3, 0.4) is 0 Å². The molecule has 1 saturated carbocycles. The highest BCUT2D eigenvalue weighted by atomic mass is 32.2. The third-order valence-corrected chi connectivity index (χ3v) is 4.48. The van der Waals surface area contributed by atoms with Crippen LogP contribution in [0.25, 0.3) is 0 Å². The zero-order chi connectivity index (χ0) is 14.9. The van der Waals surface area contributed by atoms with E-state index in [2.05, 4.69) is 10.4 Å². The first-order valence-electron chi connectivity index (χ1n) is 6.74. The van der Waals surface area contributed by atoms with Crippen molar-refractivity contribution in [1.82, 2.24) is 14.7 Å². The molecule has 0 aromatic carbocycles. The number of nitrogens with two attached hydrogens (primary N) is 1. The molecule has 1 aliphatic rings. The second kappa shape index (κ2) is 5.61. The molecule has 1 aromatic rings. The zero-order valence-electron chi connectivity index (χ0n) is 12.3. The molecule has 1 heterocycles. The summed E-state index contributed by atoms with van der Waals surface area (Å²) in [6, 6.07) is 0. The highest BCUT2D eigenvalue weighted by Crippen LogP contribution is 2.31. The predicted octanol–water partition coefficient (Wildman–Crippen LogP) is 0.252. The van der Waals surface area contributed by atoms with Gasteiger partial charge in [-0.15, -0.1) is 0 Å². The Hall–Kier alpha value is -1.28. The lowest BCUT2D eigenvalue weighted by atomic mass is 10.4. The van der Waals surface area contributed by atoms with Gasteiger partial charge in [0.2, 0.25) is 0 Å². The SMILES string of the molecule is CN(C)CCn1nc(NCC2CC2)c(S(C)(=O)=O)c1N. The van der Waals surface area contributed by atoms with Gasteiger partial charge in [-0.1, -0.05) is 0 Å². The maximum atomic E-state index is 11.9. The number of nitrogen functional groups attached to an aromatic ring is 1. The molecule has 1 aliphatic carbocycles. The van der Waals surface area contributed by atoms with Gasteiger partial charge in [0, 0.05) is 19.3 Å². The molecule has 0 bridgehead atoms. The molecule has 0 atom stereocenters. The Morgan fingerprint density at radius 3 is 2.60 bits per heavy atom. The molecule has 8 heteroatoms. The number of nitrogens with zero attached hydrogens (tertiary/aromatic N) is 3. The van der Waals surface area contributed by atoms with Gasteiger partial charge in [0.25, 0.3) is 0 Å². The fourth-order valence-electron chi connectivity index (χ4n) is 1.97. The number of nitrogens with one attached hydrogen (secondary N) is 1. The van der Waals surface area contributed by atoms with Crippen molar-refractivity contribution in [1.29, 1.82) is 0 Å². The maximum absolute atomic E-state index is 11.9. The number of likely N-dealkylation sites (N-methyl/N-ethyl adjacent to an activating group) is 1. The molecule has 7 nitrogen and oxygen atoms in total. The van der Waals surface area contributed by atoms with E-state index < -0.39 is 9.84 Å². The van der Waals surface area contributed by atoms with E-state index in [9.17, 15) is 8.42 Å². The number of sulfone groups is 1. The van der Waals surface area contributed by atoms with Gasteiger partial charge in [0.1, 0.15) is 5.82 Å². The van der Waals surface area contributed by atoms with E-state index in [1.807, 2.05) is 19.0 Å². The number of hydrogen-bond acceptors (Lipinski definition) is 6. The lowest BCUT2D eigenvalue weighted by molar-refractivity contribution is 0.375. The van der Waals surface area contributed by atoms with Crippen LogP contribution in [0.1, 0.15) is 12.8 Å². The summed E-state index contributed by atoms with van der Waals surface area (Å²) in [5.41, 5.74) is 5.96. The van der Waals surface area contributed by atoms with Crippen molar-refractivity contribution >= 4 is 21.5 Å². The summed E-state index contributed by atoms with van der Waals surface area (Å²) in [5, 5.41) is 7.45. The van der Waals surface area contributed by atoms with E-state index in [1.54, 1.807) is 4.68 Å². The van der Waals surface area contributed by atoms with E-state index >= 15 is 0 Å². The minimum Gasteiger partial charge on any atom is -0.383 e. The lowest BCUT2D eigenvalue weighted by Gasteiger charge is -2.10. The smallest absolute Gasteiger partial charge is 0.182 e. The van der Waals surface area contributed by atoms with Crippen LogP contribution in [-0.2, 0) is 16.4 Å². The minimum atomic E-state index is -3.39. The van der Waals surface area contributed by atoms with E-state index in [1.165, 1.54) is 19.1 Å². The van der Waals surface area contributed by atoms with Crippen LogP contribution in [0.5, 0.6) is 0 Å². The monoisotopic (exact) mass is 301 g/mol. The maximum Gasteiger partial charge on any atom is 0.182 e. The molecular formula is C12H23N5O2S. The molecule has 114 valence electrons. The highest BCUT2D eigenvalue weighted by Gasteiger charge is 2.26. The fraction of sp³-hybridized carbons (Fsp3) is 0.750. The summed E-state index contributed by atoms with van der Waals surface area (Å²) >= 11 is 0. The summed E-state index contributed by atoms with van der Waals surface area (Å²) in [4.78, 5) is 2.12. The Bertz CT molecular complexity index is 575. The molecule has 0 aliphatic heterocycles. The van der Waals surface area contributed by atoms with Crippen molar-refractivity contribution in [3.05, 3.63) is 0 Å². The molecular weight excluding hydrogens is 278 g/mol. The molecule has 3 N–H and O–H groups in total. The third kappa shape index (κ3) is 3.63. The first kappa shape index (κ1) is 15.1. The van der Waals surface area contributed by atoms with E-state index in [0.29, 0.717) is 18.3 Å². The Morgan fingerprint density at radius 2 is 2.10 bits per heavy atom. The normalized spacial score (nSPS) is 15.8. The van der Waals surface area contributed by atoms with Crippen molar-refractivity contribution in [2.45, 2.75) is 24.3 Å². The van der Waals surface area contributed by atoms with Crippen LogP contribution in [0.15, 0.2) is 4.90 Å². The average Bonchev–Trinajstić information content (AvgIpc) is 3.07. The standard InChI is InChI=1S/C12H23N5O2S/c1-16(2)6-7-17-11(13)10(20(3,18)19)12(15-17)14-8-9-4-5-9/h9H,4-8,13H2,1-3H3,(H,14,15). The van der Waals surface area contributed by atoms with E-state index in [0.717, 1.165) is 13.1 Å². The number of aromatic nitrogens is 2. The Labute approximate surface area is 120 Å². The summed E-state index contributed by atoms with van der Waals surface area (Å²) in [5.74, 6) is 1.24. The van der Waals surface area contributed by atoms with E-state index in [-0.39, 0.29) is 10.7 Å². The molecule has 0 amide bonds. The van der Waals surface area contributed by atoms with Crippen LogP contribution >= 0.6 is 0 Å². The number of hydrogen-bond donors (Lipinski definition) is 2. The molecule has 0 saturated heterocycles. The topological polar surface area (TPSA) is 93.2 Å². The van der Waals surface area contributed by atoms with Crippen LogP contribution in [0.4, 0.5) is 11.6 Å². The largest absolute Gasteiger partial charge is 0.383 e. The lowest BCUT2D eigenvalue weighted by Crippen LogP contribution is -2.20. The molecule has 0 unspecified atom stereocenters. The second-order valence-corrected chi connectivity index (χ2v) is 7.64. The number of rotatable bonds is 7. The van der Waals surface area contributed by atoms with Gasteiger partial charge >= 0.3 is 0 Å². The van der Waals surface area contributed by atoms with Gasteiger partial charge in [0.15, 0.2) is 20.6 Å². The first-order chi connectivity index (χ1) is 9.29. The van der Waals surface area contributed by atoms with Gasteiger partial charge in [-0.05, 0) is 32.9 Å². The quantitative estimate of drug-likeness (QED) is 0.750. The van der Waals surface area contributed by atoms with Crippen LogP contribution < -0.4 is 11.1 Å². The molecule has 0 spiro atoms. The van der Waals surface area contributed by atoms with Crippen molar-refractivity contribution in [3.63, 3.8) is 0 Å². The van der Waals surface area contributed by atoms with Crippen molar-refractivity contribution in [3.8, 4) is 0 Å². The Kier molecular flexibility index (Phi) is 4.24. The van der Waals surface area contributed by atoms with Gasteiger partial charge in [-0.3, -0.25) is 0 Å². The Balaban J connectivity index is 2.24. The molecule has 0 radical (unpaired) electrons. The summed E-state index contributed by atoms with van der Waals surface area (Å²) in [7, 11) is 0.502. The van der Waals surface area contributed by atoms with Crippen molar-refractivity contribution in [2.75, 3.05) is 44.5 Å². The van der Waals surface area contributed by atoms with Crippen molar-refractivity contribution in [2.24, 2.45) is 5.92 Å². The van der Waals surface area contributed by atoms with Crippen LogP contribution in [-0.4, -0.2) is 56.5 Å². The molecule has 1 aromatic heterocycles. The molecule has 2 rings (SSSR count). The fourth-order valence-corrected chi connectivity index (χ4v) is 2.92. The highest BCUT2D eigenvalue weighted by molar-refractivity contribution is 7.91. The summed E-state index contributed by atoms with van der Waals surface area (Å²) < 4.78 is 25.4. The second-order valence-electron chi connectivity index (χ2n) is 5.69. The summed E-state index contributed by atoms with van der Waals surface area (Å²) in [6.07, 6.45) is 3.55. The predicted molar refractivity (Wildman–Crippen MR) is 79.5 cm³/mol.